The van der Waals surface area contributed by atoms with Crippen LogP contribution in [0.4, 0.5) is 0 Å². The van der Waals surface area contributed by atoms with Gasteiger partial charge in [-0.15, -0.1) is 0 Å². The summed E-state index contributed by atoms with van der Waals surface area (Å²) < 4.78 is 0. The molecule has 1 atom stereocenters. The Morgan fingerprint density at radius 3 is 2.08 bits per heavy atom. The van der Waals surface area contributed by atoms with E-state index >= 15 is 0 Å². The molecule has 0 heterocycles. The molecule has 0 aromatic heterocycles. The van der Waals surface area contributed by atoms with Gasteiger partial charge in [-0.2, -0.15) is 0 Å². The minimum atomic E-state index is 0.409. The van der Waals surface area contributed by atoms with E-state index < -0.39 is 0 Å². The smallest absolute Gasteiger partial charge is 0.00233 e. The second-order valence-electron chi connectivity index (χ2n) is 4.53. The summed E-state index contributed by atoms with van der Waals surface area (Å²) in [6.07, 6.45) is 9.42. The van der Waals surface area contributed by atoms with Crippen LogP contribution in [-0.2, 0) is 0 Å². The third-order valence-corrected chi connectivity index (χ3v) is 3.23. The van der Waals surface area contributed by atoms with Gasteiger partial charge in [0.2, 0.25) is 0 Å². The molecule has 0 spiro atoms. The molecule has 1 unspecified atom stereocenters. The van der Waals surface area contributed by atoms with Gasteiger partial charge >= 0.3 is 0 Å². The van der Waals surface area contributed by atoms with Crippen LogP contribution in [0.3, 0.4) is 0 Å². The zero-order chi connectivity index (χ0) is 10.2. The molecule has 0 radical (unpaired) electrons. The highest BCUT2D eigenvalue weighted by Crippen LogP contribution is 2.26. The van der Waals surface area contributed by atoms with Crippen LogP contribution >= 0.6 is 0 Å². The van der Waals surface area contributed by atoms with E-state index in [1.807, 2.05) is 0 Å². The molecular formula is C12H27N. The molecule has 2 N–H and O–H groups in total. The number of nitrogens with two attached hydrogens (primary N) is 1. The maximum atomic E-state index is 5.76. The summed E-state index contributed by atoms with van der Waals surface area (Å²) in [5.41, 5.74) is 6.17. The van der Waals surface area contributed by atoms with Crippen molar-refractivity contribution in [1.29, 1.82) is 0 Å². The van der Waals surface area contributed by atoms with Crippen molar-refractivity contribution in [3.8, 4) is 0 Å². The Balaban J connectivity index is 3.39. The first-order valence-corrected chi connectivity index (χ1v) is 5.88. The van der Waals surface area contributed by atoms with E-state index in [1.165, 1.54) is 44.9 Å². The highest BCUT2D eigenvalue weighted by molar-refractivity contribution is 4.73. The Hall–Kier alpha value is -0.0400. The van der Waals surface area contributed by atoms with Crippen molar-refractivity contribution in [1.82, 2.24) is 0 Å². The summed E-state index contributed by atoms with van der Waals surface area (Å²) in [4.78, 5) is 0. The van der Waals surface area contributed by atoms with Crippen LogP contribution in [0.15, 0.2) is 0 Å². The van der Waals surface area contributed by atoms with Crippen LogP contribution in [0.2, 0.25) is 0 Å². The van der Waals surface area contributed by atoms with Gasteiger partial charge in [-0.25, -0.2) is 0 Å². The summed E-state index contributed by atoms with van der Waals surface area (Å²) in [7, 11) is 0. The van der Waals surface area contributed by atoms with E-state index in [9.17, 15) is 0 Å². The highest BCUT2D eigenvalue weighted by Gasteiger charge is 2.18. The maximum Gasteiger partial charge on any atom is -0.00233 e. The lowest BCUT2D eigenvalue weighted by molar-refractivity contribution is 0.283. The van der Waals surface area contributed by atoms with Gasteiger partial charge in [0.15, 0.2) is 0 Å². The van der Waals surface area contributed by atoms with E-state index in [0.29, 0.717) is 5.41 Å². The molecule has 0 aliphatic carbocycles. The summed E-state index contributed by atoms with van der Waals surface area (Å²) in [5, 5.41) is 0. The van der Waals surface area contributed by atoms with Crippen molar-refractivity contribution in [2.75, 3.05) is 6.54 Å². The van der Waals surface area contributed by atoms with Gasteiger partial charge in [0.25, 0.3) is 0 Å². The number of hydrogen-bond donors (Lipinski definition) is 1. The van der Waals surface area contributed by atoms with Crippen molar-refractivity contribution < 1.29 is 0 Å². The fourth-order valence-corrected chi connectivity index (χ4v) is 1.58. The molecule has 0 saturated carbocycles. The minimum absolute atomic E-state index is 0.409. The first-order valence-electron chi connectivity index (χ1n) is 5.88. The Morgan fingerprint density at radius 2 is 1.62 bits per heavy atom. The zero-order valence-electron chi connectivity index (χ0n) is 9.73. The minimum Gasteiger partial charge on any atom is -0.330 e. The van der Waals surface area contributed by atoms with Gasteiger partial charge in [-0.1, -0.05) is 52.9 Å². The van der Waals surface area contributed by atoms with E-state index in [4.69, 9.17) is 5.73 Å². The Kier molecular flexibility index (Phi) is 7.35. The summed E-state index contributed by atoms with van der Waals surface area (Å²) in [6.45, 7) is 7.67. The molecule has 13 heavy (non-hydrogen) atoms. The van der Waals surface area contributed by atoms with Crippen LogP contribution in [0.5, 0.6) is 0 Å². The number of hydrogen-bond acceptors (Lipinski definition) is 1. The lowest BCUT2D eigenvalue weighted by atomic mass is 9.82. The topological polar surface area (TPSA) is 26.0 Å². The van der Waals surface area contributed by atoms with E-state index in [0.717, 1.165) is 6.54 Å². The molecule has 0 aliphatic heterocycles. The second-order valence-corrected chi connectivity index (χ2v) is 4.53. The summed E-state index contributed by atoms with van der Waals surface area (Å²) >= 11 is 0. The predicted molar refractivity (Wildman–Crippen MR) is 60.8 cm³/mol. The molecule has 0 aromatic rings. The number of rotatable bonds is 8. The average Bonchev–Trinajstić information content (AvgIpc) is 2.17. The highest BCUT2D eigenvalue weighted by atomic mass is 14.6. The molecule has 0 rings (SSSR count). The summed E-state index contributed by atoms with van der Waals surface area (Å²) in [6, 6.07) is 0. The van der Waals surface area contributed by atoms with Crippen molar-refractivity contribution in [2.45, 2.75) is 65.7 Å². The van der Waals surface area contributed by atoms with Crippen molar-refractivity contribution in [3.63, 3.8) is 0 Å². The van der Waals surface area contributed by atoms with Crippen LogP contribution in [0, 0.1) is 5.41 Å². The van der Waals surface area contributed by atoms with Crippen molar-refractivity contribution >= 4 is 0 Å². The fraction of sp³-hybridized carbons (Fsp3) is 1.00. The van der Waals surface area contributed by atoms with Gasteiger partial charge < -0.3 is 5.73 Å². The van der Waals surface area contributed by atoms with E-state index in [1.54, 1.807) is 0 Å². The molecule has 0 amide bonds. The Bertz CT molecular complexity index is 106. The Morgan fingerprint density at radius 1 is 1.00 bits per heavy atom. The quantitative estimate of drug-likeness (QED) is 0.573. The van der Waals surface area contributed by atoms with Crippen LogP contribution in [0.25, 0.3) is 0 Å². The molecule has 1 nitrogen and oxygen atoms in total. The third-order valence-electron chi connectivity index (χ3n) is 3.23. The second kappa shape index (κ2) is 7.37. The van der Waals surface area contributed by atoms with Crippen LogP contribution < -0.4 is 5.73 Å². The summed E-state index contributed by atoms with van der Waals surface area (Å²) in [5.74, 6) is 0. The van der Waals surface area contributed by atoms with Gasteiger partial charge in [0, 0.05) is 0 Å². The largest absolute Gasteiger partial charge is 0.330 e. The van der Waals surface area contributed by atoms with Crippen molar-refractivity contribution in [2.24, 2.45) is 11.1 Å². The van der Waals surface area contributed by atoms with Gasteiger partial charge in [-0.05, 0) is 24.8 Å². The standard InChI is InChI=1S/C12H27N/c1-4-6-7-8-9-10-12(3,5-2)11-13/h4-11,13H2,1-3H3. The predicted octanol–water partition coefficient (Wildman–Crippen LogP) is 3.72. The zero-order valence-corrected chi connectivity index (χ0v) is 9.73. The van der Waals surface area contributed by atoms with Gasteiger partial charge in [-0.3, -0.25) is 0 Å². The Labute approximate surface area is 84.1 Å². The maximum absolute atomic E-state index is 5.76. The first kappa shape index (κ1) is 13.0. The monoisotopic (exact) mass is 185 g/mol. The van der Waals surface area contributed by atoms with Crippen molar-refractivity contribution in [3.05, 3.63) is 0 Å². The molecule has 0 fully saturated rings. The van der Waals surface area contributed by atoms with E-state index in [-0.39, 0.29) is 0 Å². The molecule has 0 aromatic carbocycles. The third kappa shape index (κ3) is 6.09. The molecule has 80 valence electrons. The fourth-order valence-electron chi connectivity index (χ4n) is 1.58. The van der Waals surface area contributed by atoms with E-state index in [2.05, 4.69) is 20.8 Å². The molecule has 1 heteroatoms. The molecule has 0 bridgehead atoms. The van der Waals surface area contributed by atoms with Crippen LogP contribution in [-0.4, -0.2) is 6.54 Å². The number of unbranched alkanes of at least 4 members (excludes halogenated alkanes) is 4. The SMILES string of the molecule is CCCCCCCC(C)(CC)CN. The molecule has 0 aliphatic rings. The van der Waals surface area contributed by atoms with Gasteiger partial charge in [0.05, 0.1) is 0 Å². The van der Waals surface area contributed by atoms with Crippen LogP contribution in [0.1, 0.15) is 65.7 Å². The molecular weight excluding hydrogens is 158 g/mol. The average molecular weight is 185 g/mol. The normalized spacial score (nSPS) is 15.7. The van der Waals surface area contributed by atoms with Gasteiger partial charge in [0.1, 0.15) is 0 Å². The lowest BCUT2D eigenvalue weighted by Gasteiger charge is -2.26. The molecule has 0 saturated heterocycles. The first-order chi connectivity index (χ1) is 6.18. The lowest BCUT2D eigenvalue weighted by Crippen LogP contribution is -2.26.